The molecule has 0 unspecified atom stereocenters. The molecule has 0 radical (unpaired) electrons. The first kappa shape index (κ1) is 11.4. The first-order valence-corrected chi connectivity index (χ1v) is 5.76. The summed E-state index contributed by atoms with van der Waals surface area (Å²) in [6.07, 6.45) is 4.60. The Hall–Kier alpha value is -1.09. The van der Waals surface area contributed by atoms with Crippen molar-refractivity contribution in [3.05, 3.63) is 29.6 Å². The summed E-state index contributed by atoms with van der Waals surface area (Å²) in [5.74, 6) is 0.00800. The maximum absolute atomic E-state index is 13.3. The van der Waals surface area contributed by atoms with Crippen LogP contribution in [-0.4, -0.2) is 13.7 Å². The maximum atomic E-state index is 13.3. The van der Waals surface area contributed by atoms with Crippen molar-refractivity contribution < 1.29 is 9.13 Å². The van der Waals surface area contributed by atoms with E-state index in [1.54, 1.807) is 6.07 Å². The Bertz CT molecular complexity index is 372. The highest BCUT2D eigenvalue weighted by Gasteiger charge is 2.34. The minimum absolute atomic E-state index is 0.0426. The van der Waals surface area contributed by atoms with Crippen LogP contribution in [0.5, 0.6) is 5.75 Å². The fourth-order valence-electron chi connectivity index (χ4n) is 2.65. The molecule has 1 fully saturated rings. The second kappa shape index (κ2) is 4.42. The van der Waals surface area contributed by atoms with E-state index in [-0.39, 0.29) is 11.2 Å². The second-order valence-electron chi connectivity index (χ2n) is 4.54. The monoisotopic (exact) mass is 223 g/mol. The molecular formula is C13H18FNO. The molecule has 0 aromatic heterocycles. The first-order valence-electron chi connectivity index (χ1n) is 5.76. The van der Waals surface area contributed by atoms with Gasteiger partial charge >= 0.3 is 0 Å². The molecule has 1 aromatic rings. The Balaban J connectivity index is 2.38. The summed E-state index contributed by atoms with van der Waals surface area (Å²) in [4.78, 5) is 0. The molecule has 16 heavy (non-hydrogen) atoms. The van der Waals surface area contributed by atoms with E-state index in [9.17, 15) is 4.39 Å². The summed E-state index contributed by atoms with van der Waals surface area (Å²) >= 11 is 0. The number of halogens is 1. The number of nitrogens with two attached hydrogens (primary N) is 1. The Morgan fingerprint density at radius 2 is 2.06 bits per heavy atom. The molecule has 0 aliphatic heterocycles. The number of methoxy groups -OCH3 is 1. The number of ether oxygens (including phenoxy) is 1. The fourth-order valence-corrected chi connectivity index (χ4v) is 2.65. The first-order chi connectivity index (χ1) is 7.72. The van der Waals surface area contributed by atoms with Gasteiger partial charge in [-0.25, -0.2) is 4.39 Å². The molecule has 1 aromatic carbocycles. The maximum Gasteiger partial charge on any atom is 0.165 e. The molecule has 3 heteroatoms. The quantitative estimate of drug-likeness (QED) is 0.854. The lowest BCUT2D eigenvalue weighted by Crippen LogP contribution is -2.32. The third-order valence-corrected chi connectivity index (χ3v) is 3.71. The molecule has 2 N–H and O–H groups in total. The van der Waals surface area contributed by atoms with Gasteiger partial charge in [-0.1, -0.05) is 18.9 Å². The molecule has 0 saturated heterocycles. The number of benzene rings is 1. The molecule has 1 aliphatic rings. The summed E-state index contributed by atoms with van der Waals surface area (Å²) in [5, 5.41) is 0. The second-order valence-corrected chi connectivity index (χ2v) is 4.54. The zero-order valence-electron chi connectivity index (χ0n) is 9.63. The average Bonchev–Trinajstić information content (AvgIpc) is 2.79. The highest BCUT2D eigenvalue weighted by atomic mass is 19.1. The molecule has 88 valence electrons. The summed E-state index contributed by atoms with van der Waals surface area (Å²) in [6.45, 7) is 0.627. The van der Waals surface area contributed by atoms with Gasteiger partial charge in [0.1, 0.15) is 0 Å². The highest BCUT2D eigenvalue weighted by Crippen LogP contribution is 2.41. The van der Waals surface area contributed by atoms with Crippen molar-refractivity contribution >= 4 is 0 Å². The Kier molecular flexibility index (Phi) is 3.15. The van der Waals surface area contributed by atoms with E-state index in [0.29, 0.717) is 12.3 Å². The third-order valence-electron chi connectivity index (χ3n) is 3.71. The van der Waals surface area contributed by atoms with Gasteiger partial charge in [-0.15, -0.1) is 0 Å². The molecule has 2 nitrogen and oxygen atoms in total. The molecule has 0 amide bonds. The van der Waals surface area contributed by atoms with Gasteiger partial charge in [0.25, 0.3) is 0 Å². The minimum atomic E-state index is -0.309. The van der Waals surface area contributed by atoms with Crippen LogP contribution in [0.4, 0.5) is 4.39 Å². The topological polar surface area (TPSA) is 35.2 Å². The Morgan fingerprint density at radius 1 is 1.38 bits per heavy atom. The molecule has 1 saturated carbocycles. The lowest BCUT2D eigenvalue weighted by molar-refractivity contribution is 0.381. The Labute approximate surface area is 95.6 Å². The van der Waals surface area contributed by atoms with Gasteiger partial charge in [-0.3, -0.25) is 0 Å². The number of rotatable bonds is 3. The van der Waals surface area contributed by atoms with Crippen LogP contribution in [0.1, 0.15) is 31.2 Å². The highest BCUT2D eigenvalue weighted by molar-refractivity contribution is 5.36. The molecule has 0 spiro atoms. The van der Waals surface area contributed by atoms with Crippen LogP contribution in [0.25, 0.3) is 0 Å². The van der Waals surface area contributed by atoms with Gasteiger partial charge in [-0.05, 0) is 30.5 Å². The van der Waals surface area contributed by atoms with E-state index in [4.69, 9.17) is 10.5 Å². The van der Waals surface area contributed by atoms with Crippen LogP contribution in [0.15, 0.2) is 18.2 Å². The standard InChI is InChI=1S/C13H18FNO/c1-16-12-8-10(4-5-11(12)14)13(9-15)6-2-3-7-13/h4-5,8H,2-3,6-7,9,15H2,1H3. The molecule has 0 heterocycles. The predicted octanol–water partition coefficient (Wildman–Crippen LogP) is 2.60. The van der Waals surface area contributed by atoms with Crippen LogP contribution < -0.4 is 10.5 Å². The van der Waals surface area contributed by atoms with E-state index < -0.39 is 0 Å². The number of hydrogen-bond donors (Lipinski definition) is 1. The van der Waals surface area contributed by atoms with Gasteiger partial charge < -0.3 is 10.5 Å². The largest absolute Gasteiger partial charge is 0.494 e. The molecule has 0 bridgehead atoms. The summed E-state index contributed by atoms with van der Waals surface area (Å²) in [5.41, 5.74) is 7.05. The predicted molar refractivity (Wildman–Crippen MR) is 62.2 cm³/mol. The average molecular weight is 223 g/mol. The molecule has 0 atom stereocenters. The van der Waals surface area contributed by atoms with E-state index in [1.165, 1.54) is 26.0 Å². The Morgan fingerprint density at radius 3 is 2.62 bits per heavy atom. The van der Waals surface area contributed by atoms with E-state index in [1.807, 2.05) is 6.07 Å². The summed E-state index contributed by atoms with van der Waals surface area (Å²) in [6, 6.07) is 5.12. The van der Waals surface area contributed by atoms with Crippen LogP contribution in [-0.2, 0) is 5.41 Å². The van der Waals surface area contributed by atoms with E-state index in [0.717, 1.165) is 18.4 Å². The van der Waals surface area contributed by atoms with Gasteiger partial charge in [0, 0.05) is 12.0 Å². The van der Waals surface area contributed by atoms with Gasteiger partial charge in [0.15, 0.2) is 11.6 Å². The van der Waals surface area contributed by atoms with Crippen molar-refractivity contribution in [2.45, 2.75) is 31.1 Å². The van der Waals surface area contributed by atoms with E-state index in [2.05, 4.69) is 0 Å². The van der Waals surface area contributed by atoms with Crippen molar-refractivity contribution in [3.8, 4) is 5.75 Å². The van der Waals surface area contributed by atoms with Crippen molar-refractivity contribution in [1.29, 1.82) is 0 Å². The summed E-state index contributed by atoms with van der Waals surface area (Å²) < 4.78 is 18.3. The third kappa shape index (κ3) is 1.80. The van der Waals surface area contributed by atoms with Gasteiger partial charge in [0.2, 0.25) is 0 Å². The van der Waals surface area contributed by atoms with E-state index >= 15 is 0 Å². The van der Waals surface area contributed by atoms with Gasteiger partial charge in [-0.2, -0.15) is 0 Å². The van der Waals surface area contributed by atoms with Crippen molar-refractivity contribution in [3.63, 3.8) is 0 Å². The number of hydrogen-bond acceptors (Lipinski definition) is 2. The fraction of sp³-hybridized carbons (Fsp3) is 0.538. The molecule has 2 rings (SSSR count). The minimum Gasteiger partial charge on any atom is -0.494 e. The summed E-state index contributed by atoms with van der Waals surface area (Å²) in [7, 11) is 1.49. The van der Waals surface area contributed by atoms with Crippen LogP contribution in [0, 0.1) is 5.82 Å². The molecule has 1 aliphatic carbocycles. The normalized spacial score (nSPS) is 18.7. The van der Waals surface area contributed by atoms with Crippen LogP contribution in [0.2, 0.25) is 0 Å². The lowest BCUT2D eigenvalue weighted by atomic mass is 9.79. The zero-order valence-corrected chi connectivity index (χ0v) is 9.63. The zero-order chi connectivity index (χ0) is 11.6. The van der Waals surface area contributed by atoms with Crippen molar-refractivity contribution in [1.82, 2.24) is 0 Å². The SMILES string of the molecule is COc1cc(C2(CN)CCCC2)ccc1F. The lowest BCUT2D eigenvalue weighted by Gasteiger charge is -2.28. The smallest absolute Gasteiger partial charge is 0.165 e. The van der Waals surface area contributed by atoms with Crippen LogP contribution in [0.3, 0.4) is 0 Å². The van der Waals surface area contributed by atoms with Crippen molar-refractivity contribution in [2.75, 3.05) is 13.7 Å². The molecular weight excluding hydrogens is 205 g/mol. The van der Waals surface area contributed by atoms with Gasteiger partial charge in [0.05, 0.1) is 7.11 Å². The van der Waals surface area contributed by atoms with Crippen LogP contribution >= 0.6 is 0 Å². The van der Waals surface area contributed by atoms with Crippen molar-refractivity contribution in [2.24, 2.45) is 5.73 Å².